The number of hydrogen-bond donors (Lipinski definition) is 1. The Kier molecular flexibility index (Phi) is 5.30. The molecule has 1 aliphatic rings. The number of pyridine rings is 1. The van der Waals surface area contributed by atoms with E-state index in [0.29, 0.717) is 12.2 Å². The molecule has 1 aromatic rings. The molecular weight excluding hydrogens is 244 g/mol. The first-order valence-electron chi connectivity index (χ1n) is 6.61. The minimum absolute atomic E-state index is 0.367. The van der Waals surface area contributed by atoms with Gasteiger partial charge in [-0.15, -0.1) is 0 Å². The van der Waals surface area contributed by atoms with Crippen LogP contribution in [0.15, 0.2) is 18.3 Å². The SMILES string of the molecule is COC(=O)c1ccc(COCCC2CCNC2)nc1. The molecule has 1 aliphatic heterocycles. The van der Waals surface area contributed by atoms with Crippen LogP contribution in [0.25, 0.3) is 0 Å². The smallest absolute Gasteiger partial charge is 0.339 e. The lowest BCUT2D eigenvalue weighted by Crippen LogP contribution is -2.11. The highest BCUT2D eigenvalue weighted by atomic mass is 16.5. The quantitative estimate of drug-likeness (QED) is 0.621. The van der Waals surface area contributed by atoms with Gasteiger partial charge in [-0.2, -0.15) is 0 Å². The third kappa shape index (κ3) is 4.29. The highest BCUT2D eigenvalue weighted by molar-refractivity contribution is 5.88. The van der Waals surface area contributed by atoms with Gasteiger partial charge in [0.15, 0.2) is 0 Å². The fourth-order valence-electron chi connectivity index (χ4n) is 2.14. The molecule has 1 atom stereocenters. The molecule has 1 saturated heterocycles. The van der Waals surface area contributed by atoms with Gasteiger partial charge in [-0.25, -0.2) is 4.79 Å². The molecule has 5 nitrogen and oxygen atoms in total. The van der Waals surface area contributed by atoms with Crippen molar-refractivity contribution in [3.05, 3.63) is 29.6 Å². The van der Waals surface area contributed by atoms with Crippen LogP contribution in [0.1, 0.15) is 28.9 Å². The van der Waals surface area contributed by atoms with Gasteiger partial charge in [0.25, 0.3) is 0 Å². The number of nitrogens with one attached hydrogen (secondary N) is 1. The lowest BCUT2D eigenvalue weighted by molar-refractivity contribution is 0.0600. The molecular formula is C14H20N2O3. The minimum atomic E-state index is -0.367. The second-order valence-corrected chi connectivity index (χ2v) is 4.73. The Morgan fingerprint density at radius 1 is 1.53 bits per heavy atom. The summed E-state index contributed by atoms with van der Waals surface area (Å²) in [6, 6.07) is 3.50. The van der Waals surface area contributed by atoms with Crippen molar-refractivity contribution >= 4 is 5.97 Å². The molecule has 0 saturated carbocycles. The third-order valence-electron chi connectivity index (χ3n) is 3.33. The summed E-state index contributed by atoms with van der Waals surface area (Å²) in [5, 5.41) is 3.34. The van der Waals surface area contributed by atoms with Crippen molar-refractivity contribution in [2.24, 2.45) is 5.92 Å². The number of esters is 1. The van der Waals surface area contributed by atoms with E-state index in [1.165, 1.54) is 19.7 Å². The van der Waals surface area contributed by atoms with Gasteiger partial charge in [0.2, 0.25) is 0 Å². The van der Waals surface area contributed by atoms with Crippen molar-refractivity contribution in [2.45, 2.75) is 19.4 Å². The zero-order chi connectivity index (χ0) is 13.5. The van der Waals surface area contributed by atoms with E-state index in [9.17, 15) is 4.79 Å². The lowest BCUT2D eigenvalue weighted by atomic mass is 10.1. The fourth-order valence-corrected chi connectivity index (χ4v) is 2.14. The van der Waals surface area contributed by atoms with Crippen LogP contribution in [0.4, 0.5) is 0 Å². The molecule has 0 bridgehead atoms. The van der Waals surface area contributed by atoms with Gasteiger partial charge in [0.05, 0.1) is 25.0 Å². The molecule has 104 valence electrons. The summed E-state index contributed by atoms with van der Waals surface area (Å²) in [5.74, 6) is 0.378. The predicted molar refractivity (Wildman–Crippen MR) is 70.8 cm³/mol. The van der Waals surface area contributed by atoms with Crippen LogP contribution < -0.4 is 5.32 Å². The van der Waals surface area contributed by atoms with Gasteiger partial charge in [0, 0.05) is 12.8 Å². The van der Waals surface area contributed by atoms with Crippen LogP contribution in [0, 0.1) is 5.92 Å². The summed E-state index contributed by atoms with van der Waals surface area (Å²) in [6.45, 7) is 3.48. The Morgan fingerprint density at radius 2 is 2.42 bits per heavy atom. The molecule has 0 aromatic carbocycles. The maximum Gasteiger partial charge on any atom is 0.339 e. The molecule has 1 aromatic heterocycles. The molecule has 0 radical (unpaired) electrons. The van der Waals surface area contributed by atoms with E-state index in [1.807, 2.05) is 0 Å². The summed E-state index contributed by atoms with van der Waals surface area (Å²) in [6.07, 6.45) is 3.86. The van der Waals surface area contributed by atoms with Gasteiger partial charge >= 0.3 is 5.97 Å². The lowest BCUT2D eigenvalue weighted by Gasteiger charge is -2.08. The van der Waals surface area contributed by atoms with Gasteiger partial charge in [-0.05, 0) is 44.0 Å². The van der Waals surface area contributed by atoms with Gasteiger partial charge in [0.1, 0.15) is 0 Å². The second kappa shape index (κ2) is 7.21. The summed E-state index contributed by atoms with van der Waals surface area (Å²) >= 11 is 0. The molecule has 2 rings (SSSR count). The number of nitrogens with zero attached hydrogens (tertiary/aromatic N) is 1. The number of rotatable bonds is 6. The maximum atomic E-state index is 11.2. The molecule has 0 spiro atoms. The summed E-state index contributed by atoms with van der Waals surface area (Å²) < 4.78 is 10.2. The van der Waals surface area contributed by atoms with Crippen molar-refractivity contribution in [1.82, 2.24) is 10.3 Å². The predicted octanol–water partition coefficient (Wildman–Crippen LogP) is 1.38. The number of carbonyl (C=O) groups is 1. The third-order valence-corrected chi connectivity index (χ3v) is 3.33. The zero-order valence-electron chi connectivity index (χ0n) is 11.2. The number of methoxy groups -OCH3 is 1. The first-order valence-corrected chi connectivity index (χ1v) is 6.61. The Bertz CT molecular complexity index is 400. The van der Waals surface area contributed by atoms with Crippen LogP contribution in [-0.2, 0) is 16.1 Å². The Hall–Kier alpha value is -1.46. The normalized spacial score (nSPS) is 18.5. The molecule has 2 heterocycles. The number of ether oxygens (including phenoxy) is 2. The largest absolute Gasteiger partial charge is 0.465 e. The van der Waals surface area contributed by atoms with Crippen LogP contribution in [0.5, 0.6) is 0 Å². The standard InChI is InChI=1S/C14H20N2O3/c1-18-14(17)12-2-3-13(16-9-12)10-19-7-5-11-4-6-15-8-11/h2-3,9,11,15H,4-8,10H2,1H3. The molecule has 0 amide bonds. The van der Waals surface area contributed by atoms with Gasteiger partial charge in [-0.3, -0.25) is 4.98 Å². The molecule has 19 heavy (non-hydrogen) atoms. The van der Waals surface area contributed by atoms with Crippen LogP contribution in [0.2, 0.25) is 0 Å². The van der Waals surface area contributed by atoms with E-state index >= 15 is 0 Å². The Balaban J connectivity index is 1.69. The topological polar surface area (TPSA) is 60.5 Å². The first-order chi connectivity index (χ1) is 9.29. The molecule has 5 heteroatoms. The molecule has 1 N–H and O–H groups in total. The van der Waals surface area contributed by atoms with Crippen molar-refractivity contribution < 1.29 is 14.3 Å². The molecule has 1 fully saturated rings. The average Bonchev–Trinajstić information content (AvgIpc) is 2.96. The molecule has 1 unspecified atom stereocenters. The van der Waals surface area contributed by atoms with E-state index in [4.69, 9.17) is 4.74 Å². The summed E-state index contributed by atoms with van der Waals surface area (Å²) in [5.41, 5.74) is 1.29. The first kappa shape index (κ1) is 14.0. The highest BCUT2D eigenvalue weighted by Crippen LogP contribution is 2.12. The summed E-state index contributed by atoms with van der Waals surface area (Å²) in [7, 11) is 1.36. The number of aromatic nitrogens is 1. The van der Waals surface area contributed by atoms with Crippen molar-refractivity contribution in [1.29, 1.82) is 0 Å². The Labute approximate surface area is 113 Å². The number of carbonyl (C=O) groups excluding carboxylic acids is 1. The Morgan fingerprint density at radius 3 is 3.05 bits per heavy atom. The van der Waals surface area contributed by atoms with Crippen LogP contribution in [-0.4, -0.2) is 37.8 Å². The van der Waals surface area contributed by atoms with Gasteiger partial charge in [-0.1, -0.05) is 0 Å². The van der Waals surface area contributed by atoms with E-state index in [2.05, 4.69) is 15.0 Å². The van der Waals surface area contributed by atoms with E-state index in [0.717, 1.165) is 37.7 Å². The van der Waals surface area contributed by atoms with Gasteiger partial charge < -0.3 is 14.8 Å². The van der Waals surface area contributed by atoms with Crippen LogP contribution in [0.3, 0.4) is 0 Å². The zero-order valence-corrected chi connectivity index (χ0v) is 11.2. The van der Waals surface area contributed by atoms with E-state index < -0.39 is 0 Å². The van der Waals surface area contributed by atoms with Crippen molar-refractivity contribution in [3.8, 4) is 0 Å². The maximum absolute atomic E-state index is 11.2. The number of hydrogen-bond acceptors (Lipinski definition) is 5. The monoisotopic (exact) mass is 264 g/mol. The average molecular weight is 264 g/mol. The van der Waals surface area contributed by atoms with E-state index in [-0.39, 0.29) is 5.97 Å². The van der Waals surface area contributed by atoms with E-state index in [1.54, 1.807) is 12.1 Å². The minimum Gasteiger partial charge on any atom is -0.465 e. The second-order valence-electron chi connectivity index (χ2n) is 4.73. The fraction of sp³-hybridized carbons (Fsp3) is 0.571. The summed E-state index contributed by atoms with van der Waals surface area (Å²) in [4.78, 5) is 15.4. The molecule has 0 aliphatic carbocycles. The van der Waals surface area contributed by atoms with Crippen molar-refractivity contribution in [3.63, 3.8) is 0 Å². The van der Waals surface area contributed by atoms with Crippen LogP contribution >= 0.6 is 0 Å². The van der Waals surface area contributed by atoms with Crippen molar-refractivity contribution in [2.75, 3.05) is 26.8 Å². The highest BCUT2D eigenvalue weighted by Gasteiger charge is 2.13.